The Morgan fingerprint density at radius 2 is 1.97 bits per heavy atom. The highest BCUT2D eigenvalue weighted by atomic mass is 16.5. The zero-order valence-corrected chi connectivity index (χ0v) is 17.5. The number of carbonyl (C=O) groups is 1. The first-order chi connectivity index (χ1) is 15.1. The van der Waals surface area contributed by atoms with Crippen LogP contribution < -0.4 is 14.8 Å². The third-order valence-corrected chi connectivity index (χ3v) is 5.53. The lowest BCUT2D eigenvalue weighted by molar-refractivity contribution is -0.115. The summed E-state index contributed by atoms with van der Waals surface area (Å²) in [6.07, 6.45) is 4.61. The second-order valence-electron chi connectivity index (χ2n) is 7.81. The van der Waals surface area contributed by atoms with Gasteiger partial charge in [0.25, 0.3) is 0 Å². The van der Waals surface area contributed by atoms with Gasteiger partial charge in [0, 0.05) is 25.3 Å². The number of carbonyl (C=O) groups excluding carboxylic acids is 1. The molecule has 2 aromatic carbocycles. The Balaban J connectivity index is 1.31. The van der Waals surface area contributed by atoms with Gasteiger partial charge in [-0.05, 0) is 41.3 Å². The molecule has 31 heavy (non-hydrogen) atoms. The van der Waals surface area contributed by atoms with Crippen molar-refractivity contribution in [2.75, 3.05) is 38.2 Å². The summed E-state index contributed by atoms with van der Waals surface area (Å²) in [5, 5.41) is 13.4. The Bertz CT molecular complexity index is 985. The third-order valence-electron chi connectivity index (χ3n) is 5.53. The molecule has 2 aliphatic rings. The lowest BCUT2D eigenvalue weighted by atomic mass is 9.93. The van der Waals surface area contributed by atoms with Gasteiger partial charge in [0.15, 0.2) is 11.5 Å². The number of rotatable bonds is 9. The summed E-state index contributed by atoms with van der Waals surface area (Å²) in [6.45, 7) is 6.40. The molecule has 1 atom stereocenters. The van der Waals surface area contributed by atoms with Crippen molar-refractivity contribution < 1.29 is 19.4 Å². The first-order valence-corrected chi connectivity index (χ1v) is 10.6. The van der Waals surface area contributed by atoms with Crippen LogP contribution in [0, 0.1) is 0 Å². The minimum absolute atomic E-state index is 0.0556. The molecule has 2 aromatic rings. The first-order valence-electron chi connectivity index (χ1n) is 10.6. The van der Waals surface area contributed by atoms with E-state index in [0.717, 1.165) is 36.3 Å². The van der Waals surface area contributed by atoms with E-state index < -0.39 is 6.10 Å². The van der Waals surface area contributed by atoms with Crippen molar-refractivity contribution in [1.29, 1.82) is 0 Å². The van der Waals surface area contributed by atoms with Crippen molar-refractivity contribution in [2.45, 2.75) is 18.9 Å². The maximum Gasteiger partial charge on any atom is 0.228 e. The highest BCUT2D eigenvalue weighted by Gasteiger charge is 2.24. The second-order valence-corrected chi connectivity index (χ2v) is 7.81. The average molecular weight is 421 g/mol. The SMILES string of the molecule is C=CCOc1ccccc1OCC(O)CN1CC=C(c2cccc3c2CC(=O)N3)CC1. The number of β-amino-alcohol motifs (C(OH)–C–C–N with tert-alkyl or cyclic N) is 1. The number of amides is 1. The van der Waals surface area contributed by atoms with Gasteiger partial charge in [0.05, 0.1) is 6.42 Å². The number of aliphatic hydroxyl groups excluding tert-OH is 1. The molecule has 2 heterocycles. The number of hydrogen-bond acceptors (Lipinski definition) is 5. The Morgan fingerprint density at radius 1 is 1.16 bits per heavy atom. The lowest BCUT2D eigenvalue weighted by Crippen LogP contribution is -2.38. The normalized spacial score (nSPS) is 16.8. The van der Waals surface area contributed by atoms with Gasteiger partial charge in [0.1, 0.15) is 19.3 Å². The number of fused-ring (bicyclic) bond motifs is 1. The smallest absolute Gasteiger partial charge is 0.228 e. The van der Waals surface area contributed by atoms with Crippen LogP contribution >= 0.6 is 0 Å². The molecule has 0 spiro atoms. The molecule has 6 nitrogen and oxygen atoms in total. The lowest BCUT2D eigenvalue weighted by Gasteiger charge is -2.29. The van der Waals surface area contributed by atoms with E-state index in [1.807, 2.05) is 36.4 Å². The van der Waals surface area contributed by atoms with E-state index >= 15 is 0 Å². The van der Waals surface area contributed by atoms with E-state index in [4.69, 9.17) is 9.47 Å². The van der Waals surface area contributed by atoms with Crippen LogP contribution in [0.5, 0.6) is 11.5 Å². The van der Waals surface area contributed by atoms with Crippen molar-refractivity contribution in [2.24, 2.45) is 0 Å². The van der Waals surface area contributed by atoms with Crippen LogP contribution in [0.3, 0.4) is 0 Å². The van der Waals surface area contributed by atoms with Gasteiger partial charge in [0.2, 0.25) is 5.91 Å². The van der Waals surface area contributed by atoms with Crippen molar-refractivity contribution in [3.8, 4) is 11.5 Å². The second kappa shape index (κ2) is 9.81. The molecule has 0 aromatic heterocycles. The number of nitrogens with zero attached hydrogens (tertiary/aromatic N) is 1. The van der Waals surface area contributed by atoms with E-state index in [2.05, 4.69) is 28.9 Å². The molecule has 0 radical (unpaired) electrons. The summed E-state index contributed by atoms with van der Waals surface area (Å²) in [5.74, 6) is 1.31. The minimum Gasteiger partial charge on any atom is -0.487 e. The van der Waals surface area contributed by atoms with Gasteiger partial charge in [-0.15, -0.1) is 0 Å². The zero-order valence-electron chi connectivity index (χ0n) is 17.5. The molecule has 0 bridgehead atoms. The first kappa shape index (κ1) is 21.2. The van der Waals surface area contributed by atoms with Gasteiger partial charge in [-0.25, -0.2) is 0 Å². The van der Waals surface area contributed by atoms with Crippen LogP contribution in [0.1, 0.15) is 17.5 Å². The summed E-state index contributed by atoms with van der Waals surface area (Å²) in [4.78, 5) is 14.0. The van der Waals surface area contributed by atoms with Crippen molar-refractivity contribution in [3.05, 3.63) is 72.3 Å². The van der Waals surface area contributed by atoms with Gasteiger partial charge in [-0.1, -0.05) is 43.0 Å². The predicted molar refractivity (Wildman–Crippen MR) is 121 cm³/mol. The average Bonchev–Trinajstić information content (AvgIpc) is 3.17. The predicted octanol–water partition coefficient (Wildman–Crippen LogP) is 3.28. The quantitative estimate of drug-likeness (QED) is 0.610. The van der Waals surface area contributed by atoms with Crippen LogP contribution in [-0.4, -0.2) is 54.9 Å². The summed E-state index contributed by atoms with van der Waals surface area (Å²) in [7, 11) is 0. The fourth-order valence-electron chi connectivity index (χ4n) is 4.05. The highest BCUT2D eigenvalue weighted by molar-refractivity contribution is 6.01. The Kier molecular flexibility index (Phi) is 6.70. The molecule has 1 amide bonds. The van der Waals surface area contributed by atoms with Crippen LogP contribution in [0.15, 0.2) is 61.2 Å². The number of nitrogens with one attached hydrogen (secondary N) is 1. The molecule has 2 N–H and O–H groups in total. The van der Waals surface area contributed by atoms with Gasteiger partial charge in [-0.3, -0.25) is 9.69 Å². The van der Waals surface area contributed by atoms with Crippen LogP contribution in [0.4, 0.5) is 5.69 Å². The molecular weight excluding hydrogens is 392 g/mol. The van der Waals surface area contributed by atoms with Crippen molar-refractivity contribution >= 4 is 17.2 Å². The fourth-order valence-corrected chi connectivity index (χ4v) is 4.05. The molecule has 0 saturated heterocycles. The molecule has 0 aliphatic carbocycles. The van der Waals surface area contributed by atoms with Crippen LogP contribution in [-0.2, 0) is 11.2 Å². The maximum atomic E-state index is 11.8. The summed E-state index contributed by atoms with van der Waals surface area (Å²) in [5.41, 5.74) is 4.45. The Morgan fingerprint density at radius 3 is 2.71 bits per heavy atom. The van der Waals surface area contributed by atoms with Crippen LogP contribution in [0.2, 0.25) is 0 Å². The van der Waals surface area contributed by atoms with Gasteiger partial charge < -0.3 is 19.9 Å². The molecule has 6 heteroatoms. The van der Waals surface area contributed by atoms with Crippen molar-refractivity contribution in [3.63, 3.8) is 0 Å². The van der Waals surface area contributed by atoms with E-state index in [0.29, 0.717) is 31.1 Å². The summed E-state index contributed by atoms with van der Waals surface area (Å²) in [6, 6.07) is 13.5. The molecule has 0 saturated carbocycles. The fraction of sp³-hybridized carbons (Fsp3) is 0.320. The summed E-state index contributed by atoms with van der Waals surface area (Å²) < 4.78 is 11.4. The van der Waals surface area contributed by atoms with Gasteiger partial charge >= 0.3 is 0 Å². The molecule has 2 aliphatic heterocycles. The van der Waals surface area contributed by atoms with Crippen LogP contribution in [0.25, 0.3) is 5.57 Å². The zero-order chi connectivity index (χ0) is 21.6. The molecule has 1 unspecified atom stereocenters. The van der Waals surface area contributed by atoms with E-state index in [1.165, 1.54) is 5.57 Å². The molecular formula is C25H28N2O4. The molecule has 4 rings (SSSR count). The summed E-state index contributed by atoms with van der Waals surface area (Å²) >= 11 is 0. The maximum absolute atomic E-state index is 11.8. The number of anilines is 1. The van der Waals surface area contributed by atoms with E-state index in [-0.39, 0.29) is 12.5 Å². The Hall–Kier alpha value is -3.09. The topological polar surface area (TPSA) is 71.0 Å². The number of ether oxygens (including phenoxy) is 2. The number of aliphatic hydroxyl groups is 1. The molecule has 162 valence electrons. The third kappa shape index (κ3) is 5.16. The van der Waals surface area contributed by atoms with E-state index in [1.54, 1.807) is 6.08 Å². The number of para-hydroxylation sites is 2. The van der Waals surface area contributed by atoms with E-state index in [9.17, 15) is 9.90 Å². The minimum atomic E-state index is -0.606. The standard InChI is InChI=1S/C25H28N2O4/c1-2-14-30-23-8-3-4-9-24(23)31-17-19(28)16-27-12-10-18(11-13-27)20-6-5-7-22-21(20)15-25(29)26-22/h2-10,19,28H,1,11-17H2,(H,26,29). The Labute approximate surface area is 182 Å². The highest BCUT2D eigenvalue weighted by Crippen LogP contribution is 2.33. The monoisotopic (exact) mass is 420 g/mol. The number of hydrogen-bond donors (Lipinski definition) is 2. The number of benzene rings is 2. The van der Waals surface area contributed by atoms with Gasteiger partial charge in [-0.2, -0.15) is 0 Å². The molecule has 0 fully saturated rings. The largest absolute Gasteiger partial charge is 0.487 e. The van der Waals surface area contributed by atoms with Crippen molar-refractivity contribution in [1.82, 2.24) is 4.90 Å².